The van der Waals surface area contributed by atoms with Gasteiger partial charge in [-0.1, -0.05) is 41.0 Å². The van der Waals surface area contributed by atoms with E-state index in [2.05, 4.69) is 20.8 Å². The Bertz CT molecular complexity index is 1030. The van der Waals surface area contributed by atoms with Crippen molar-refractivity contribution >= 4 is 58.3 Å². The van der Waals surface area contributed by atoms with Crippen LogP contribution in [0.1, 0.15) is 10.4 Å². The molecule has 148 valence electrons. The van der Waals surface area contributed by atoms with Gasteiger partial charge in [0.2, 0.25) is 5.91 Å². The number of halogens is 3. The second-order valence-electron chi connectivity index (χ2n) is 5.72. The minimum Gasteiger partial charge on any atom is -0.325 e. The number of amides is 2. The van der Waals surface area contributed by atoms with Crippen molar-refractivity contribution in [3.05, 3.63) is 76.0 Å². The predicted molar refractivity (Wildman–Crippen MR) is 112 cm³/mol. The van der Waals surface area contributed by atoms with E-state index in [0.29, 0.717) is 20.8 Å². The van der Waals surface area contributed by atoms with Gasteiger partial charge in [-0.05, 0) is 48.5 Å². The Morgan fingerprint density at radius 2 is 1.72 bits per heavy atom. The SMILES string of the molecule is O=C(CSc1ccc(NC(=O)c2cccc(F)c2)nn1)Nc1cc(Cl)cc(Cl)c1. The molecular formula is C19H13Cl2FN4O2S. The van der Waals surface area contributed by atoms with Gasteiger partial charge in [-0.25, -0.2) is 4.39 Å². The molecule has 0 fully saturated rings. The van der Waals surface area contributed by atoms with Gasteiger partial charge in [0.25, 0.3) is 5.91 Å². The molecule has 10 heteroatoms. The molecule has 2 N–H and O–H groups in total. The second-order valence-corrected chi connectivity index (χ2v) is 7.58. The van der Waals surface area contributed by atoms with Crippen LogP contribution in [-0.4, -0.2) is 27.8 Å². The maximum absolute atomic E-state index is 13.2. The van der Waals surface area contributed by atoms with Gasteiger partial charge >= 0.3 is 0 Å². The van der Waals surface area contributed by atoms with E-state index in [1.807, 2.05) is 0 Å². The first kappa shape index (κ1) is 21.0. The van der Waals surface area contributed by atoms with Gasteiger partial charge in [0.15, 0.2) is 5.82 Å². The van der Waals surface area contributed by atoms with Crippen LogP contribution >= 0.6 is 35.0 Å². The normalized spacial score (nSPS) is 10.4. The van der Waals surface area contributed by atoms with Gasteiger partial charge in [0, 0.05) is 21.3 Å². The summed E-state index contributed by atoms with van der Waals surface area (Å²) in [6.07, 6.45) is 0. The van der Waals surface area contributed by atoms with Crippen molar-refractivity contribution in [1.82, 2.24) is 10.2 Å². The summed E-state index contributed by atoms with van der Waals surface area (Å²) in [6, 6.07) is 13.2. The summed E-state index contributed by atoms with van der Waals surface area (Å²) < 4.78 is 13.2. The van der Waals surface area contributed by atoms with Gasteiger partial charge in [-0.2, -0.15) is 0 Å². The molecule has 0 saturated heterocycles. The first-order chi connectivity index (χ1) is 13.9. The van der Waals surface area contributed by atoms with E-state index >= 15 is 0 Å². The molecule has 1 aromatic heterocycles. The number of hydrogen-bond donors (Lipinski definition) is 2. The Balaban J connectivity index is 1.52. The molecule has 0 aliphatic heterocycles. The van der Waals surface area contributed by atoms with Gasteiger partial charge < -0.3 is 10.6 Å². The van der Waals surface area contributed by atoms with Crippen molar-refractivity contribution in [3.8, 4) is 0 Å². The molecule has 6 nitrogen and oxygen atoms in total. The minimum atomic E-state index is -0.506. The number of hydrogen-bond acceptors (Lipinski definition) is 5. The molecule has 0 radical (unpaired) electrons. The molecule has 0 aliphatic rings. The summed E-state index contributed by atoms with van der Waals surface area (Å²) in [5.41, 5.74) is 0.664. The third-order valence-corrected chi connectivity index (χ3v) is 4.82. The zero-order chi connectivity index (χ0) is 20.8. The van der Waals surface area contributed by atoms with Crippen molar-refractivity contribution in [2.75, 3.05) is 16.4 Å². The summed E-state index contributed by atoms with van der Waals surface area (Å²) in [4.78, 5) is 24.1. The number of benzene rings is 2. The van der Waals surface area contributed by atoms with E-state index in [1.165, 1.54) is 30.0 Å². The van der Waals surface area contributed by atoms with Crippen LogP contribution in [0.2, 0.25) is 10.0 Å². The molecular weight excluding hydrogens is 438 g/mol. The van der Waals surface area contributed by atoms with Gasteiger partial charge in [-0.15, -0.1) is 10.2 Å². The average molecular weight is 451 g/mol. The van der Waals surface area contributed by atoms with E-state index in [1.54, 1.807) is 30.3 Å². The number of nitrogens with zero attached hydrogens (tertiary/aromatic N) is 2. The molecule has 0 spiro atoms. The summed E-state index contributed by atoms with van der Waals surface area (Å²) in [5, 5.41) is 14.4. The molecule has 0 atom stereocenters. The van der Waals surface area contributed by atoms with Crippen LogP contribution in [-0.2, 0) is 4.79 Å². The van der Waals surface area contributed by atoms with Crippen LogP contribution in [0.5, 0.6) is 0 Å². The van der Waals surface area contributed by atoms with E-state index in [-0.39, 0.29) is 23.0 Å². The minimum absolute atomic E-state index is 0.0911. The Morgan fingerprint density at radius 3 is 2.38 bits per heavy atom. The van der Waals surface area contributed by atoms with Crippen LogP contribution < -0.4 is 10.6 Å². The highest BCUT2D eigenvalue weighted by Gasteiger charge is 2.10. The molecule has 3 rings (SSSR count). The van der Waals surface area contributed by atoms with Crippen LogP contribution in [0.4, 0.5) is 15.9 Å². The van der Waals surface area contributed by atoms with Crippen molar-refractivity contribution in [1.29, 1.82) is 0 Å². The maximum Gasteiger partial charge on any atom is 0.256 e. The van der Waals surface area contributed by atoms with Crippen molar-refractivity contribution in [2.45, 2.75) is 5.03 Å². The molecule has 0 saturated carbocycles. The molecule has 0 unspecified atom stereocenters. The molecule has 1 heterocycles. The molecule has 2 amide bonds. The number of thioether (sulfide) groups is 1. The standard InChI is InChI=1S/C19H13Cl2FN4O2S/c20-12-7-13(21)9-15(8-12)23-17(27)10-29-18-5-4-16(25-26-18)24-19(28)11-2-1-3-14(22)6-11/h1-9H,10H2,(H,23,27)(H,24,25,28). The molecule has 3 aromatic rings. The van der Waals surface area contributed by atoms with Gasteiger partial charge in [-0.3, -0.25) is 9.59 Å². The van der Waals surface area contributed by atoms with Crippen molar-refractivity contribution in [2.24, 2.45) is 0 Å². The lowest BCUT2D eigenvalue weighted by Crippen LogP contribution is -2.15. The Labute approximate surface area is 179 Å². The van der Waals surface area contributed by atoms with Crippen molar-refractivity contribution in [3.63, 3.8) is 0 Å². The lowest BCUT2D eigenvalue weighted by atomic mass is 10.2. The molecule has 0 aliphatic carbocycles. The lowest BCUT2D eigenvalue weighted by Gasteiger charge is -2.07. The molecule has 29 heavy (non-hydrogen) atoms. The Kier molecular flexibility index (Phi) is 7.03. The maximum atomic E-state index is 13.2. The fourth-order valence-corrected chi connectivity index (χ4v) is 3.38. The zero-order valence-electron chi connectivity index (χ0n) is 14.7. The fourth-order valence-electron chi connectivity index (χ4n) is 2.24. The highest BCUT2D eigenvalue weighted by molar-refractivity contribution is 7.99. The molecule has 0 bridgehead atoms. The third kappa shape index (κ3) is 6.42. The van der Waals surface area contributed by atoms with Gasteiger partial charge in [0.05, 0.1) is 5.75 Å². The first-order valence-corrected chi connectivity index (χ1v) is 9.92. The monoisotopic (exact) mass is 450 g/mol. The quantitative estimate of drug-likeness (QED) is 0.521. The third-order valence-electron chi connectivity index (χ3n) is 3.47. The topological polar surface area (TPSA) is 84.0 Å². The van der Waals surface area contributed by atoms with Crippen LogP contribution in [0, 0.1) is 5.82 Å². The lowest BCUT2D eigenvalue weighted by molar-refractivity contribution is -0.113. The number of nitrogens with one attached hydrogen (secondary N) is 2. The number of carbonyl (C=O) groups excluding carboxylic acids is 2. The molecule has 2 aromatic carbocycles. The number of carbonyl (C=O) groups is 2. The van der Waals surface area contributed by atoms with Gasteiger partial charge in [0.1, 0.15) is 10.8 Å². The van der Waals surface area contributed by atoms with E-state index < -0.39 is 11.7 Å². The predicted octanol–water partition coefficient (Wildman–Crippen LogP) is 4.91. The van der Waals surface area contributed by atoms with Crippen LogP contribution in [0.25, 0.3) is 0 Å². The summed E-state index contributed by atoms with van der Waals surface area (Å²) in [7, 11) is 0. The summed E-state index contributed by atoms with van der Waals surface area (Å²) in [6.45, 7) is 0. The van der Waals surface area contributed by atoms with Crippen molar-refractivity contribution < 1.29 is 14.0 Å². The summed E-state index contributed by atoms with van der Waals surface area (Å²) in [5.74, 6) is -0.971. The van der Waals surface area contributed by atoms with Crippen LogP contribution in [0.15, 0.2) is 59.6 Å². The largest absolute Gasteiger partial charge is 0.325 e. The number of aromatic nitrogens is 2. The fraction of sp³-hybridized carbons (Fsp3) is 0.0526. The zero-order valence-corrected chi connectivity index (χ0v) is 17.0. The smallest absolute Gasteiger partial charge is 0.256 e. The first-order valence-electron chi connectivity index (χ1n) is 8.18. The number of anilines is 2. The highest BCUT2D eigenvalue weighted by Crippen LogP contribution is 2.23. The average Bonchev–Trinajstić information content (AvgIpc) is 2.66. The van der Waals surface area contributed by atoms with E-state index in [9.17, 15) is 14.0 Å². The number of rotatable bonds is 6. The second kappa shape index (κ2) is 9.69. The Hall–Kier alpha value is -2.68. The van der Waals surface area contributed by atoms with Crippen LogP contribution in [0.3, 0.4) is 0 Å². The Morgan fingerprint density at radius 1 is 0.966 bits per heavy atom. The highest BCUT2D eigenvalue weighted by atomic mass is 35.5. The summed E-state index contributed by atoms with van der Waals surface area (Å²) >= 11 is 13.0. The van der Waals surface area contributed by atoms with E-state index in [0.717, 1.165) is 6.07 Å². The van der Waals surface area contributed by atoms with E-state index in [4.69, 9.17) is 23.2 Å².